The van der Waals surface area contributed by atoms with Crippen LogP contribution in [0.2, 0.25) is 0 Å². The van der Waals surface area contributed by atoms with Crippen LogP contribution >= 0.6 is 0 Å². The molecule has 33 heavy (non-hydrogen) atoms. The first-order chi connectivity index (χ1) is 16.1. The Bertz CT molecular complexity index is 1170. The third-order valence-corrected chi connectivity index (χ3v) is 5.80. The molecule has 0 bridgehead atoms. The van der Waals surface area contributed by atoms with Crippen LogP contribution < -0.4 is 16.2 Å². The van der Waals surface area contributed by atoms with Crippen LogP contribution in [0.25, 0.3) is 11.1 Å². The summed E-state index contributed by atoms with van der Waals surface area (Å²) >= 11 is 0. The fraction of sp³-hybridized carbons (Fsp3) is 0.269. The van der Waals surface area contributed by atoms with Gasteiger partial charge in [0.1, 0.15) is 11.5 Å². The molecule has 0 spiro atoms. The van der Waals surface area contributed by atoms with E-state index in [1.807, 2.05) is 66.6 Å². The predicted molar refractivity (Wildman–Crippen MR) is 132 cm³/mol. The Morgan fingerprint density at radius 2 is 2.06 bits per heavy atom. The molecule has 7 nitrogen and oxygen atoms in total. The van der Waals surface area contributed by atoms with Crippen LogP contribution in [0, 0.1) is 0 Å². The van der Waals surface area contributed by atoms with Crippen LogP contribution in [0.3, 0.4) is 0 Å². The van der Waals surface area contributed by atoms with Crippen molar-refractivity contribution in [1.82, 2.24) is 14.9 Å². The third kappa shape index (κ3) is 5.88. The zero-order valence-electron chi connectivity index (χ0n) is 18.8. The van der Waals surface area contributed by atoms with Crippen molar-refractivity contribution in [2.75, 3.05) is 30.8 Å². The molecule has 0 radical (unpaired) electrons. The van der Waals surface area contributed by atoms with Gasteiger partial charge in [0.15, 0.2) is 0 Å². The number of nitrogens with zero attached hydrogens (tertiary/aromatic N) is 2. The molecule has 1 saturated heterocycles. The van der Waals surface area contributed by atoms with E-state index in [2.05, 4.69) is 20.6 Å². The number of aromatic nitrogens is 2. The van der Waals surface area contributed by atoms with Crippen LogP contribution in [-0.2, 0) is 11.2 Å². The molecular weight excluding hydrogens is 414 g/mol. The molecule has 170 valence electrons. The second-order valence-electron chi connectivity index (χ2n) is 8.17. The van der Waals surface area contributed by atoms with Crippen molar-refractivity contribution in [2.24, 2.45) is 0 Å². The zero-order chi connectivity index (χ0) is 23.0. The number of allylic oxidation sites excluding steroid dienone is 1. The van der Waals surface area contributed by atoms with Gasteiger partial charge in [0, 0.05) is 44.1 Å². The number of carbonyl (C=O) groups is 1. The fourth-order valence-corrected chi connectivity index (χ4v) is 4.03. The van der Waals surface area contributed by atoms with Crippen molar-refractivity contribution in [1.29, 1.82) is 0 Å². The lowest BCUT2D eigenvalue weighted by atomic mass is 10.0. The maximum absolute atomic E-state index is 12.7. The zero-order valence-corrected chi connectivity index (χ0v) is 18.8. The van der Waals surface area contributed by atoms with Gasteiger partial charge in [0.05, 0.1) is 0 Å². The van der Waals surface area contributed by atoms with Gasteiger partial charge in [-0.2, -0.15) is 0 Å². The minimum atomic E-state index is -0.173. The first-order valence-corrected chi connectivity index (χ1v) is 11.2. The largest absolute Gasteiger partial charge is 0.376 e. The molecular formula is C26H29N5O2. The van der Waals surface area contributed by atoms with Crippen molar-refractivity contribution in [3.8, 4) is 11.1 Å². The lowest BCUT2D eigenvalue weighted by Crippen LogP contribution is -2.45. The number of H-pyrrole nitrogens is 1. The van der Waals surface area contributed by atoms with E-state index in [-0.39, 0.29) is 17.5 Å². The molecule has 1 atom stereocenters. The van der Waals surface area contributed by atoms with Crippen LogP contribution in [0.15, 0.2) is 77.9 Å². The first kappa shape index (κ1) is 22.3. The number of rotatable bonds is 7. The van der Waals surface area contributed by atoms with Gasteiger partial charge >= 0.3 is 0 Å². The van der Waals surface area contributed by atoms with E-state index < -0.39 is 0 Å². The Hall–Kier alpha value is -3.87. The molecule has 2 aromatic heterocycles. The summed E-state index contributed by atoms with van der Waals surface area (Å²) < 4.78 is 0. The van der Waals surface area contributed by atoms with Crippen LogP contribution in [-0.4, -0.2) is 47.0 Å². The Labute approximate surface area is 193 Å². The summed E-state index contributed by atoms with van der Waals surface area (Å²) in [6, 6.07) is 15.8. The highest BCUT2D eigenvalue weighted by molar-refractivity contribution is 5.87. The summed E-state index contributed by atoms with van der Waals surface area (Å²) in [4.78, 5) is 34.1. The topological polar surface area (TPSA) is 90.1 Å². The van der Waals surface area contributed by atoms with E-state index in [1.54, 1.807) is 18.5 Å². The van der Waals surface area contributed by atoms with Gasteiger partial charge < -0.3 is 20.5 Å². The number of likely N-dealkylation sites (tertiary alicyclic amines) is 1. The summed E-state index contributed by atoms with van der Waals surface area (Å²) in [6.07, 6.45) is 9.53. The van der Waals surface area contributed by atoms with Crippen molar-refractivity contribution in [3.05, 3.63) is 89.0 Å². The summed E-state index contributed by atoms with van der Waals surface area (Å²) in [5.74, 6) is 0.770. The lowest BCUT2D eigenvalue weighted by molar-refractivity contribution is -0.127. The highest BCUT2D eigenvalue weighted by atomic mass is 16.2. The number of anilines is 2. The second kappa shape index (κ2) is 10.6. The molecule has 3 heterocycles. The number of aromatic amines is 1. The SMILES string of the molecule is CNc1cc(-c2c[nH]c(=O)c(NC3CCCN(C(=O)/C=C/Cc4ccccc4)C3)c2)ccn1. The Kier molecular flexibility index (Phi) is 7.19. The summed E-state index contributed by atoms with van der Waals surface area (Å²) in [6.45, 7) is 1.30. The number of amides is 1. The average molecular weight is 444 g/mol. The van der Waals surface area contributed by atoms with Crippen molar-refractivity contribution in [2.45, 2.75) is 25.3 Å². The number of piperidine rings is 1. The van der Waals surface area contributed by atoms with Crippen molar-refractivity contribution < 1.29 is 4.79 Å². The highest BCUT2D eigenvalue weighted by Gasteiger charge is 2.23. The van der Waals surface area contributed by atoms with E-state index in [0.717, 1.165) is 42.8 Å². The quantitative estimate of drug-likeness (QED) is 0.485. The molecule has 0 saturated carbocycles. The molecule has 1 unspecified atom stereocenters. The van der Waals surface area contributed by atoms with Crippen LogP contribution in [0.4, 0.5) is 11.5 Å². The average Bonchev–Trinajstić information content (AvgIpc) is 2.86. The number of pyridine rings is 2. The number of benzene rings is 1. The minimum absolute atomic E-state index is 0.0106. The Morgan fingerprint density at radius 3 is 2.88 bits per heavy atom. The Balaban J connectivity index is 1.40. The van der Waals surface area contributed by atoms with Crippen LogP contribution in [0.1, 0.15) is 18.4 Å². The van der Waals surface area contributed by atoms with Gasteiger partial charge in [-0.25, -0.2) is 4.98 Å². The molecule has 1 aliphatic heterocycles. The molecule has 7 heteroatoms. The predicted octanol–water partition coefficient (Wildman–Crippen LogP) is 3.68. The molecule has 3 N–H and O–H groups in total. The first-order valence-electron chi connectivity index (χ1n) is 11.2. The lowest BCUT2D eigenvalue weighted by Gasteiger charge is -2.33. The second-order valence-corrected chi connectivity index (χ2v) is 8.17. The van der Waals surface area contributed by atoms with Gasteiger partial charge in [0.25, 0.3) is 5.56 Å². The Morgan fingerprint density at radius 1 is 1.21 bits per heavy atom. The molecule has 4 rings (SSSR count). The fourth-order valence-electron chi connectivity index (χ4n) is 4.03. The van der Waals surface area contributed by atoms with Gasteiger partial charge in [-0.15, -0.1) is 0 Å². The molecule has 1 amide bonds. The number of hydrogen-bond donors (Lipinski definition) is 3. The van der Waals surface area contributed by atoms with Crippen molar-refractivity contribution >= 4 is 17.4 Å². The standard InChI is InChI=1S/C26H29N5O2/c1-27-24-16-20(12-13-28-24)21-15-23(26(33)29-17-21)30-22-10-6-14-31(18-22)25(32)11-5-9-19-7-3-2-4-8-19/h2-5,7-8,11-13,15-17,22,30H,6,9-10,14,18H2,1H3,(H,27,28)(H,29,33)/b11-5+. The number of nitrogens with one attached hydrogen (secondary N) is 3. The molecule has 1 aliphatic rings. The smallest absolute Gasteiger partial charge is 0.271 e. The van der Waals surface area contributed by atoms with Crippen LogP contribution in [0.5, 0.6) is 0 Å². The normalized spacial score (nSPS) is 16.0. The summed E-state index contributed by atoms with van der Waals surface area (Å²) in [5.41, 5.74) is 3.36. The summed E-state index contributed by atoms with van der Waals surface area (Å²) in [7, 11) is 1.82. The maximum atomic E-state index is 12.7. The van der Waals surface area contributed by atoms with Crippen molar-refractivity contribution in [3.63, 3.8) is 0 Å². The molecule has 0 aliphatic carbocycles. The van der Waals surface area contributed by atoms with E-state index in [4.69, 9.17) is 0 Å². The summed E-state index contributed by atoms with van der Waals surface area (Å²) in [5, 5.41) is 6.39. The van der Waals surface area contributed by atoms with E-state index >= 15 is 0 Å². The van der Waals surface area contributed by atoms with E-state index in [0.29, 0.717) is 12.2 Å². The van der Waals surface area contributed by atoms with Gasteiger partial charge in [-0.05, 0) is 54.7 Å². The van der Waals surface area contributed by atoms with Gasteiger partial charge in [-0.1, -0.05) is 36.4 Å². The minimum Gasteiger partial charge on any atom is -0.376 e. The molecule has 3 aromatic rings. The third-order valence-electron chi connectivity index (χ3n) is 5.80. The van der Waals surface area contributed by atoms with E-state index in [1.165, 1.54) is 5.56 Å². The molecule has 1 aromatic carbocycles. The van der Waals surface area contributed by atoms with E-state index in [9.17, 15) is 9.59 Å². The monoisotopic (exact) mass is 443 g/mol. The number of carbonyl (C=O) groups excluding carboxylic acids is 1. The number of hydrogen-bond acceptors (Lipinski definition) is 5. The highest BCUT2D eigenvalue weighted by Crippen LogP contribution is 2.23. The van der Waals surface area contributed by atoms with Gasteiger partial charge in [-0.3, -0.25) is 9.59 Å². The van der Waals surface area contributed by atoms with Gasteiger partial charge in [0.2, 0.25) is 5.91 Å². The maximum Gasteiger partial charge on any atom is 0.271 e. The molecule has 1 fully saturated rings.